The SMILES string of the molecule is COc1cccc2cc(/C(C)=N\Nc3ccc([N+](=O)[O-])cc3[N+](=O)[O-])c(=O)oc12. The lowest BCUT2D eigenvalue weighted by molar-refractivity contribution is -0.393. The molecular weight excluding hydrogens is 384 g/mol. The smallest absolute Gasteiger partial charge is 0.345 e. The van der Waals surface area contributed by atoms with Crippen LogP contribution < -0.4 is 15.8 Å². The van der Waals surface area contributed by atoms with Crippen LogP contribution >= 0.6 is 0 Å². The van der Waals surface area contributed by atoms with E-state index >= 15 is 0 Å². The molecule has 11 heteroatoms. The first-order chi connectivity index (χ1) is 13.8. The lowest BCUT2D eigenvalue weighted by Gasteiger charge is -2.06. The molecule has 0 bridgehead atoms. The van der Waals surface area contributed by atoms with Gasteiger partial charge in [0.05, 0.1) is 34.3 Å². The average molecular weight is 398 g/mol. The summed E-state index contributed by atoms with van der Waals surface area (Å²) in [6.45, 7) is 1.52. The average Bonchev–Trinajstić information content (AvgIpc) is 2.70. The summed E-state index contributed by atoms with van der Waals surface area (Å²) in [5, 5.41) is 26.6. The molecule has 1 aromatic heterocycles. The second-order valence-electron chi connectivity index (χ2n) is 5.85. The van der Waals surface area contributed by atoms with Gasteiger partial charge in [-0.3, -0.25) is 25.7 Å². The number of anilines is 1. The fraction of sp³-hybridized carbons (Fsp3) is 0.111. The molecule has 0 aliphatic rings. The van der Waals surface area contributed by atoms with Crippen LogP contribution in [-0.2, 0) is 0 Å². The Morgan fingerprint density at radius 1 is 1.14 bits per heavy atom. The minimum Gasteiger partial charge on any atom is -0.493 e. The van der Waals surface area contributed by atoms with Gasteiger partial charge in [-0.15, -0.1) is 0 Å². The Balaban J connectivity index is 1.98. The molecule has 11 nitrogen and oxygen atoms in total. The summed E-state index contributed by atoms with van der Waals surface area (Å²) in [5.41, 5.74) is 1.44. The predicted octanol–water partition coefficient (Wildman–Crippen LogP) is 3.45. The maximum absolute atomic E-state index is 12.3. The van der Waals surface area contributed by atoms with Crippen LogP contribution in [0.3, 0.4) is 0 Å². The largest absolute Gasteiger partial charge is 0.493 e. The number of hydrogen-bond acceptors (Lipinski definition) is 9. The molecule has 148 valence electrons. The molecule has 0 saturated heterocycles. The zero-order valence-corrected chi connectivity index (χ0v) is 15.2. The summed E-state index contributed by atoms with van der Waals surface area (Å²) >= 11 is 0. The van der Waals surface area contributed by atoms with Crippen LogP contribution in [0.25, 0.3) is 11.0 Å². The second-order valence-corrected chi connectivity index (χ2v) is 5.85. The molecule has 1 heterocycles. The van der Waals surface area contributed by atoms with Crippen LogP contribution in [-0.4, -0.2) is 22.7 Å². The van der Waals surface area contributed by atoms with Crippen LogP contribution in [0.4, 0.5) is 17.1 Å². The number of nitrogens with zero attached hydrogens (tertiary/aromatic N) is 3. The third-order valence-corrected chi connectivity index (χ3v) is 4.07. The van der Waals surface area contributed by atoms with Crippen molar-refractivity contribution in [1.82, 2.24) is 0 Å². The minimum atomic E-state index is -0.767. The highest BCUT2D eigenvalue weighted by Gasteiger charge is 2.19. The van der Waals surface area contributed by atoms with Crippen LogP contribution in [0.1, 0.15) is 12.5 Å². The standard InChI is InChI=1S/C18H14N4O7/c1-10(13-8-11-4-3-5-16(28-2)17(11)29-18(13)23)19-20-14-7-6-12(21(24)25)9-15(14)22(26)27/h3-9,20H,1-2H3/b19-10-. The van der Waals surface area contributed by atoms with Gasteiger partial charge >= 0.3 is 11.3 Å². The van der Waals surface area contributed by atoms with Crippen LogP contribution in [0, 0.1) is 20.2 Å². The highest BCUT2D eigenvalue weighted by Crippen LogP contribution is 2.29. The van der Waals surface area contributed by atoms with Crippen molar-refractivity contribution in [1.29, 1.82) is 0 Å². The predicted molar refractivity (Wildman–Crippen MR) is 105 cm³/mol. The molecule has 0 fully saturated rings. The van der Waals surface area contributed by atoms with E-state index in [-0.39, 0.29) is 22.5 Å². The van der Waals surface area contributed by atoms with Gasteiger partial charge in [0, 0.05) is 11.5 Å². The number of nitrogens with one attached hydrogen (secondary N) is 1. The highest BCUT2D eigenvalue weighted by atomic mass is 16.6. The van der Waals surface area contributed by atoms with Crippen molar-refractivity contribution < 1.29 is 19.0 Å². The van der Waals surface area contributed by atoms with Gasteiger partial charge in [-0.1, -0.05) is 12.1 Å². The number of ether oxygens (including phenoxy) is 1. The lowest BCUT2D eigenvalue weighted by Crippen LogP contribution is -2.13. The zero-order chi connectivity index (χ0) is 21.1. The molecule has 0 unspecified atom stereocenters. The summed E-state index contributed by atoms with van der Waals surface area (Å²) < 4.78 is 10.5. The molecule has 0 aliphatic carbocycles. The number of fused-ring (bicyclic) bond motifs is 1. The van der Waals surface area contributed by atoms with Crippen molar-refractivity contribution in [3.8, 4) is 5.75 Å². The molecule has 3 aromatic rings. The quantitative estimate of drug-likeness (QED) is 0.287. The number of hydrazone groups is 1. The summed E-state index contributed by atoms with van der Waals surface area (Å²) in [6, 6.07) is 9.78. The fourth-order valence-corrected chi connectivity index (χ4v) is 2.61. The maximum atomic E-state index is 12.3. The van der Waals surface area contributed by atoms with Crippen molar-refractivity contribution >= 4 is 33.7 Å². The van der Waals surface area contributed by atoms with Gasteiger partial charge in [-0.2, -0.15) is 5.10 Å². The number of methoxy groups -OCH3 is 1. The monoisotopic (exact) mass is 398 g/mol. The Morgan fingerprint density at radius 3 is 2.55 bits per heavy atom. The van der Waals surface area contributed by atoms with Gasteiger partial charge in [0.2, 0.25) is 0 Å². The van der Waals surface area contributed by atoms with E-state index in [0.717, 1.165) is 12.1 Å². The Hall–Kier alpha value is -4.28. The molecule has 0 aliphatic heterocycles. The maximum Gasteiger partial charge on any atom is 0.345 e. The molecule has 2 aromatic carbocycles. The summed E-state index contributed by atoms with van der Waals surface area (Å²) in [5.74, 6) is 0.403. The minimum absolute atomic E-state index is 0.0632. The Bertz CT molecular complexity index is 1220. The summed E-state index contributed by atoms with van der Waals surface area (Å²) in [7, 11) is 1.45. The first-order valence-corrected chi connectivity index (χ1v) is 8.16. The van der Waals surface area contributed by atoms with Crippen molar-refractivity contribution in [2.75, 3.05) is 12.5 Å². The molecule has 0 spiro atoms. The van der Waals surface area contributed by atoms with Crippen LogP contribution in [0.2, 0.25) is 0 Å². The molecule has 0 atom stereocenters. The number of nitro groups is 2. The fourth-order valence-electron chi connectivity index (χ4n) is 2.61. The van der Waals surface area contributed by atoms with Gasteiger partial charge < -0.3 is 9.15 Å². The molecule has 29 heavy (non-hydrogen) atoms. The normalized spacial score (nSPS) is 11.3. The topological polar surface area (TPSA) is 150 Å². The second kappa shape index (κ2) is 7.76. The summed E-state index contributed by atoms with van der Waals surface area (Å²) in [6.07, 6.45) is 0. The highest BCUT2D eigenvalue weighted by molar-refractivity contribution is 6.01. The van der Waals surface area contributed by atoms with E-state index in [2.05, 4.69) is 10.5 Å². The first-order valence-electron chi connectivity index (χ1n) is 8.16. The van der Waals surface area contributed by atoms with Crippen molar-refractivity contribution in [3.63, 3.8) is 0 Å². The van der Waals surface area contributed by atoms with Crippen molar-refractivity contribution in [3.05, 3.63) is 78.7 Å². The summed E-state index contributed by atoms with van der Waals surface area (Å²) in [4.78, 5) is 32.8. The number of non-ortho nitro benzene ring substituents is 1. The number of rotatable bonds is 6. The zero-order valence-electron chi connectivity index (χ0n) is 15.2. The van der Waals surface area contributed by atoms with E-state index in [1.54, 1.807) is 24.3 Å². The van der Waals surface area contributed by atoms with Gasteiger partial charge in [0.1, 0.15) is 5.69 Å². The van der Waals surface area contributed by atoms with E-state index in [9.17, 15) is 25.0 Å². The van der Waals surface area contributed by atoms with Crippen LogP contribution in [0.5, 0.6) is 5.75 Å². The third kappa shape index (κ3) is 3.88. The number of benzene rings is 2. The lowest BCUT2D eigenvalue weighted by atomic mass is 10.1. The van der Waals surface area contributed by atoms with Gasteiger partial charge in [0.15, 0.2) is 11.3 Å². The van der Waals surface area contributed by atoms with Gasteiger partial charge in [-0.25, -0.2) is 4.79 Å². The van der Waals surface area contributed by atoms with Gasteiger partial charge in [0.25, 0.3) is 5.69 Å². The molecule has 0 amide bonds. The molecular formula is C18H14N4O7. The number of hydrogen-bond donors (Lipinski definition) is 1. The van der Waals surface area contributed by atoms with Crippen LogP contribution in [0.15, 0.2) is 56.8 Å². The molecule has 3 rings (SSSR count). The van der Waals surface area contributed by atoms with Gasteiger partial charge in [-0.05, 0) is 25.1 Å². The van der Waals surface area contributed by atoms with Crippen molar-refractivity contribution in [2.24, 2.45) is 5.10 Å². The molecule has 1 N–H and O–H groups in total. The first kappa shape index (κ1) is 19.5. The Morgan fingerprint density at radius 2 is 1.90 bits per heavy atom. The number of para-hydroxylation sites is 1. The Labute approximate surface area is 162 Å². The van der Waals surface area contributed by atoms with E-state index < -0.39 is 26.8 Å². The molecule has 0 radical (unpaired) electrons. The number of nitro benzene ring substituents is 2. The molecule has 0 saturated carbocycles. The van der Waals surface area contributed by atoms with Crippen molar-refractivity contribution in [2.45, 2.75) is 6.92 Å². The van der Waals surface area contributed by atoms with E-state index in [4.69, 9.17) is 9.15 Å². The van der Waals surface area contributed by atoms with E-state index in [1.807, 2.05) is 0 Å². The third-order valence-electron chi connectivity index (χ3n) is 4.07. The van der Waals surface area contributed by atoms with E-state index in [1.165, 1.54) is 20.1 Å². The van der Waals surface area contributed by atoms with E-state index in [0.29, 0.717) is 11.1 Å². The Kier molecular flexibility index (Phi) is 5.21.